The van der Waals surface area contributed by atoms with Gasteiger partial charge < -0.3 is 9.67 Å². The normalized spacial score (nSPS) is 10.2. The van der Waals surface area contributed by atoms with Gasteiger partial charge in [-0.3, -0.25) is 0 Å². The van der Waals surface area contributed by atoms with Gasteiger partial charge in [-0.25, -0.2) is 4.98 Å². The van der Waals surface area contributed by atoms with Crippen LogP contribution in [-0.4, -0.2) is 14.7 Å². The fraction of sp³-hybridized carbons (Fsp3) is 0.471. The first kappa shape index (κ1) is 16.3. The minimum Gasteiger partial charge on any atom is -0.508 e. The highest BCUT2D eigenvalue weighted by atomic mass is 16.3. The number of nitrogens with zero attached hydrogens (tertiary/aromatic N) is 2. The average molecular weight is 274 g/mol. The highest BCUT2D eigenvalue weighted by molar-refractivity contribution is 5.35. The van der Waals surface area contributed by atoms with Crippen molar-refractivity contribution in [3.8, 4) is 5.75 Å². The van der Waals surface area contributed by atoms with Crippen LogP contribution in [0.4, 0.5) is 0 Å². The first-order valence-electron chi connectivity index (χ1n) is 7.29. The monoisotopic (exact) mass is 274 g/mol. The van der Waals surface area contributed by atoms with Crippen LogP contribution in [0.25, 0.3) is 0 Å². The predicted molar refractivity (Wildman–Crippen MR) is 84.1 cm³/mol. The molecular formula is C17H26N2O. The van der Waals surface area contributed by atoms with Crippen LogP contribution in [-0.2, 0) is 6.54 Å². The summed E-state index contributed by atoms with van der Waals surface area (Å²) in [5, 5.41) is 9.12. The van der Waals surface area contributed by atoms with E-state index in [0.717, 1.165) is 6.54 Å². The van der Waals surface area contributed by atoms with Crippen molar-refractivity contribution < 1.29 is 5.11 Å². The van der Waals surface area contributed by atoms with E-state index in [9.17, 15) is 0 Å². The number of imidazole rings is 1. The van der Waals surface area contributed by atoms with Gasteiger partial charge in [0.25, 0.3) is 0 Å². The molecule has 1 aromatic carbocycles. The van der Waals surface area contributed by atoms with Crippen LogP contribution in [0, 0.1) is 6.92 Å². The maximum Gasteiger partial charge on any atom is 0.115 e. The molecule has 2 aromatic rings. The SMILES string of the molecule is CCCCn1ccnc1.Cc1cc(O)ccc1C(C)C. The Labute approximate surface area is 122 Å². The number of aryl methyl sites for hydroxylation is 2. The summed E-state index contributed by atoms with van der Waals surface area (Å²) in [6.07, 6.45) is 8.16. The van der Waals surface area contributed by atoms with Gasteiger partial charge in [-0.05, 0) is 42.5 Å². The lowest BCUT2D eigenvalue weighted by atomic mass is 9.98. The maximum atomic E-state index is 9.12. The van der Waals surface area contributed by atoms with Gasteiger partial charge >= 0.3 is 0 Å². The van der Waals surface area contributed by atoms with E-state index in [1.165, 1.54) is 24.0 Å². The summed E-state index contributed by atoms with van der Waals surface area (Å²) < 4.78 is 2.10. The summed E-state index contributed by atoms with van der Waals surface area (Å²) in [5.41, 5.74) is 2.47. The molecule has 1 aromatic heterocycles. The molecule has 3 heteroatoms. The smallest absolute Gasteiger partial charge is 0.115 e. The molecule has 110 valence electrons. The zero-order chi connectivity index (χ0) is 15.0. The second kappa shape index (κ2) is 8.41. The van der Waals surface area contributed by atoms with E-state index in [2.05, 4.69) is 30.3 Å². The van der Waals surface area contributed by atoms with Crippen LogP contribution in [0.15, 0.2) is 36.9 Å². The fourth-order valence-electron chi connectivity index (χ4n) is 2.07. The molecule has 3 nitrogen and oxygen atoms in total. The maximum absolute atomic E-state index is 9.12. The molecule has 0 radical (unpaired) electrons. The summed E-state index contributed by atoms with van der Waals surface area (Å²) in [4.78, 5) is 3.94. The lowest BCUT2D eigenvalue weighted by molar-refractivity contribution is 0.474. The molecule has 0 spiro atoms. The Morgan fingerprint density at radius 3 is 2.55 bits per heavy atom. The number of hydrogen-bond donors (Lipinski definition) is 1. The third-order valence-electron chi connectivity index (χ3n) is 3.20. The Morgan fingerprint density at radius 2 is 2.05 bits per heavy atom. The molecule has 0 aliphatic carbocycles. The summed E-state index contributed by atoms with van der Waals surface area (Å²) >= 11 is 0. The van der Waals surface area contributed by atoms with Gasteiger partial charge in [0.2, 0.25) is 0 Å². The molecule has 0 saturated carbocycles. The summed E-state index contributed by atoms with van der Waals surface area (Å²) in [5.74, 6) is 0.891. The number of aromatic nitrogens is 2. The lowest BCUT2D eigenvalue weighted by Gasteiger charge is -2.08. The van der Waals surface area contributed by atoms with E-state index >= 15 is 0 Å². The first-order chi connectivity index (χ1) is 9.54. The summed E-state index contributed by atoms with van der Waals surface area (Å²) in [7, 11) is 0. The number of unbranched alkanes of at least 4 members (excludes halogenated alkanes) is 1. The highest BCUT2D eigenvalue weighted by Gasteiger charge is 2.02. The van der Waals surface area contributed by atoms with Crippen molar-refractivity contribution in [3.63, 3.8) is 0 Å². The number of hydrogen-bond acceptors (Lipinski definition) is 2. The predicted octanol–water partition coefficient (Wildman–Crippen LogP) is 4.51. The van der Waals surface area contributed by atoms with Crippen LogP contribution in [0.3, 0.4) is 0 Å². The molecule has 0 atom stereocenters. The fourth-order valence-corrected chi connectivity index (χ4v) is 2.07. The van der Waals surface area contributed by atoms with Crippen molar-refractivity contribution in [1.29, 1.82) is 0 Å². The van der Waals surface area contributed by atoms with Crippen molar-refractivity contribution in [2.45, 2.75) is 53.0 Å². The van der Waals surface area contributed by atoms with Crippen molar-refractivity contribution >= 4 is 0 Å². The van der Waals surface area contributed by atoms with Gasteiger partial charge in [0.15, 0.2) is 0 Å². The molecule has 0 aliphatic heterocycles. The van der Waals surface area contributed by atoms with Gasteiger partial charge in [-0.2, -0.15) is 0 Å². The third-order valence-corrected chi connectivity index (χ3v) is 3.20. The number of rotatable bonds is 4. The van der Waals surface area contributed by atoms with E-state index in [4.69, 9.17) is 5.11 Å². The topological polar surface area (TPSA) is 38.0 Å². The van der Waals surface area contributed by atoms with Crippen LogP contribution in [0.2, 0.25) is 0 Å². The van der Waals surface area contributed by atoms with E-state index in [-0.39, 0.29) is 0 Å². The number of phenols is 1. The summed E-state index contributed by atoms with van der Waals surface area (Å²) in [6.45, 7) is 9.63. The molecule has 0 amide bonds. The molecule has 20 heavy (non-hydrogen) atoms. The molecule has 0 bridgehead atoms. The average Bonchev–Trinajstić information content (AvgIpc) is 2.89. The zero-order valence-corrected chi connectivity index (χ0v) is 13.0. The molecule has 0 aliphatic rings. The Kier molecular flexibility index (Phi) is 6.85. The Hall–Kier alpha value is -1.77. The van der Waals surface area contributed by atoms with Gasteiger partial charge in [0.1, 0.15) is 5.75 Å². The molecule has 1 heterocycles. The largest absolute Gasteiger partial charge is 0.508 e. The van der Waals surface area contributed by atoms with E-state index in [0.29, 0.717) is 11.7 Å². The van der Waals surface area contributed by atoms with Gasteiger partial charge in [0, 0.05) is 18.9 Å². The zero-order valence-electron chi connectivity index (χ0n) is 13.0. The van der Waals surface area contributed by atoms with E-state index in [1.54, 1.807) is 12.1 Å². The first-order valence-corrected chi connectivity index (χ1v) is 7.29. The molecule has 1 N–H and O–H groups in total. The van der Waals surface area contributed by atoms with Gasteiger partial charge in [-0.15, -0.1) is 0 Å². The van der Waals surface area contributed by atoms with Crippen LogP contribution in [0.1, 0.15) is 50.7 Å². The highest BCUT2D eigenvalue weighted by Crippen LogP contribution is 2.22. The van der Waals surface area contributed by atoms with E-state index < -0.39 is 0 Å². The van der Waals surface area contributed by atoms with Gasteiger partial charge in [0.05, 0.1) is 6.33 Å². The summed E-state index contributed by atoms with van der Waals surface area (Å²) in [6, 6.07) is 5.52. The van der Waals surface area contributed by atoms with Crippen LogP contribution >= 0.6 is 0 Å². The van der Waals surface area contributed by atoms with Crippen molar-refractivity contribution in [2.24, 2.45) is 0 Å². The Bertz CT molecular complexity index is 490. The quantitative estimate of drug-likeness (QED) is 0.891. The molecule has 0 fully saturated rings. The molecule has 0 saturated heterocycles. The van der Waals surface area contributed by atoms with Gasteiger partial charge in [-0.1, -0.05) is 33.3 Å². The van der Waals surface area contributed by atoms with E-state index in [1.807, 2.05) is 31.7 Å². The number of aromatic hydroxyl groups is 1. The molecular weight excluding hydrogens is 248 g/mol. The van der Waals surface area contributed by atoms with Crippen LogP contribution in [0.5, 0.6) is 5.75 Å². The lowest BCUT2D eigenvalue weighted by Crippen LogP contribution is -1.92. The molecule has 0 unspecified atom stereocenters. The Morgan fingerprint density at radius 1 is 1.30 bits per heavy atom. The molecule has 2 rings (SSSR count). The van der Waals surface area contributed by atoms with Crippen molar-refractivity contribution in [1.82, 2.24) is 9.55 Å². The standard InChI is InChI=1S/C10H14O.C7H12N2/c1-7(2)10-5-4-9(11)6-8(10)3;1-2-3-5-9-6-4-8-7-9/h4-7,11H,1-3H3;4,6-7H,2-3,5H2,1H3. The minimum absolute atomic E-state index is 0.354. The van der Waals surface area contributed by atoms with Crippen molar-refractivity contribution in [2.75, 3.05) is 0 Å². The van der Waals surface area contributed by atoms with Crippen LogP contribution < -0.4 is 0 Å². The van der Waals surface area contributed by atoms with Crippen molar-refractivity contribution in [3.05, 3.63) is 48.0 Å². The Balaban J connectivity index is 0.000000204. The second-order valence-corrected chi connectivity index (χ2v) is 5.35. The second-order valence-electron chi connectivity index (χ2n) is 5.35. The minimum atomic E-state index is 0.354. The number of benzene rings is 1. The third kappa shape index (κ3) is 5.47. The number of phenolic OH excluding ortho intramolecular Hbond substituents is 1.